The van der Waals surface area contributed by atoms with Crippen LogP contribution in [0.15, 0.2) is 47.4 Å². The maximum absolute atomic E-state index is 12.7. The Hall–Kier alpha value is -2.21. The fourth-order valence-corrected chi connectivity index (χ4v) is 3.68. The van der Waals surface area contributed by atoms with Crippen molar-refractivity contribution in [3.8, 4) is 11.5 Å². The number of anilines is 1. The van der Waals surface area contributed by atoms with Gasteiger partial charge in [-0.2, -0.15) is 0 Å². The van der Waals surface area contributed by atoms with Crippen LogP contribution in [0.3, 0.4) is 0 Å². The predicted molar refractivity (Wildman–Crippen MR) is 81.2 cm³/mol. The Labute approximate surface area is 124 Å². The molecule has 0 aliphatic carbocycles. The number of sulfonamides is 1. The maximum atomic E-state index is 12.7. The lowest BCUT2D eigenvalue weighted by Crippen LogP contribution is -2.31. The number of aryl methyl sites for hydroxylation is 1. The molecule has 112 valence electrons. The van der Waals surface area contributed by atoms with Gasteiger partial charge >= 0.3 is 0 Å². The lowest BCUT2D eigenvalue weighted by molar-refractivity contribution is 0.473. The summed E-state index contributed by atoms with van der Waals surface area (Å²) in [7, 11) is -3.80. The van der Waals surface area contributed by atoms with Crippen LogP contribution in [0, 0.1) is 6.92 Å². The molecule has 0 radical (unpaired) electrons. The van der Waals surface area contributed by atoms with E-state index in [1.165, 1.54) is 40.7 Å². The van der Waals surface area contributed by atoms with E-state index in [-0.39, 0.29) is 22.9 Å². The van der Waals surface area contributed by atoms with Crippen LogP contribution < -0.4 is 4.31 Å². The maximum Gasteiger partial charge on any atom is 0.264 e. The fourth-order valence-electron chi connectivity index (χ4n) is 2.11. The van der Waals surface area contributed by atoms with Crippen LogP contribution in [-0.2, 0) is 10.0 Å². The third-order valence-corrected chi connectivity index (χ3v) is 5.04. The number of phenolic OH excluding ortho intramolecular Hbond substituents is 2. The average Bonchev–Trinajstić information content (AvgIpc) is 2.43. The van der Waals surface area contributed by atoms with Gasteiger partial charge in [-0.1, -0.05) is 12.1 Å². The van der Waals surface area contributed by atoms with E-state index in [1.54, 1.807) is 19.9 Å². The van der Waals surface area contributed by atoms with Crippen molar-refractivity contribution in [1.29, 1.82) is 0 Å². The van der Waals surface area contributed by atoms with Crippen LogP contribution in [0.1, 0.15) is 12.5 Å². The highest BCUT2D eigenvalue weighted by molar-refractivity contribution is 7.92. The number of benzene rings is 2. The molecule has 0 bridgehead atoms. The number of nitrogens with zero attached hydrogens (tertiary/aromatic N) is 1. The number of rotatable bonds is 4. The molecule has 0 amide bonds. The lowest BCUT2D eigenvalue weighted by Gasteiger charge is -2.24. The molecular weight excluding hydrogens is 290 g/mol. The molecule has 0 aliphatic rings. The van der Waals surface area contributed by atoms with E-state index in [2.05, 4.69) is 0 Å². The second-order valence-corrected chi connectivity index (χ2v) is 6.50. The van der Waals surface area contributed by atoms with Gasteiger partial charge in [0, 0.05) is 18.7 Å². The third-order valence-electron chi connectivity index (χ3n) is 3.15. The summed E-state index contributed by atoms with van der Waals surface area (Å²) in [5.41, 5.74) is 1.15. The first-order valence-corrected chi connectivity index (χ1v) is 7.91. The summed E-state index contributed by atoms with van der Waals surface area (Å²) in [6.45, 7) is 3.70. The quantitative estimate of drug-likeness (QED) is 0.910. The zero-order valence-electron chi connectivity index (χ0n) is 11.8. The molecule has 0 atom stereocenters. The Bertz CT molecular complexity index is 756. The molecular formula is C15H17NO4S. The van der Waals surface area contributed by atoms with Gasteiger partial charge in [-0.25, -0.2) is 8.42 Å². The van der Waals surface area contributed by atoms with Crippen molar-refractivity contribution in [3.05, 3.63) is 48.0 Å². The normalized spacial score (nSPS) is 11.3. The monoisotopic (exact) mass is 307 g/mol. The Morgan fingerprint density at radius 1 is 1.05 bits per heavy atom. The molecule has 0 aromatic heterocycles. The van der Waals surface area contributed by atoms with Gasteiger partial charge in [0.05, 0.1) is 10.6 Å². The van der Waals surface area contributed by atoms with E-state index in [9.17, 15) is 18.6 Å². The Morgan fingerprint density at radius 2 is 1.71 bits per heavy atom. The van der Waals surface area contributed by atoms with Crippen LogP contribution in [0.5, 0.6) is 11.5 Å². The molecule has 21 heavy (non-hydrogen) atoms. The highest BCUT2D eigenvalue weighted by atomic mass is 32.2. The van der Waals surface area contributed by atoms with Gasteiger partial charge in [-0.05, 0) is 37.6 Å². The first-order valence-electron chi connectivity index (χ1n) is 6.47. The molecule has 0 saturated heterocycles. The van der Waals surface area contributed by atoms with E-state index in [0.717, 1.165) is 5.56 Å². The van der Waals surface area contributed by atoms with Crippen molar-refractivity contribution in [2.45, 2.75) is 18.7 Å². The van der Waals surface area contributed by atoms with E-state index in [1.807, 2.05) is 0 Å². The Kier molecular flexibility index (Phi) is 4.09. The second kappa shape index (κ2) is 5.65. The van der Waals surface area contributed by atoms with Crippen LogP contribution in [0.4, 0.5) is 5.69 Å². The molecule has 0 spiro atoms. The van der Waals surface area contributed by atoms with Crippen molar-refractivity contribution in [3.63, 3.8) is 0 Å². The molecule has 5 nitrogen and oxygen atoms in total. The lowest BCUT2D eigenvalue weighted by atomic mass is 10.2. The summed E-state index contributed by atoms with van der Waals surface area (Å²) in [5, 5.41) is 19.1. The van der Waals surface area contributed by atoms with E-state index in [4.69, 9.17) is 0 Å². The first kappa shape index (κ1) is 15.2. The highest BCUT2D eigenvalue weighted by Gasteiger charge is 2.25. The summed E-state index contributed by atoms with van der Waals surface area (Å²) in [6.07, 6.45) is 0. The summed E-state index contributed by atoms with van der Waals surface area (Å²) in [5.74, 6) is -0.111. The van der Waals surface area contributed by atoms with Crippen LogP contribution in [0.25, 0.3) is 0 Å². The van der Waals surface area contributed by atoms with Gasteiger partial charge in [0.15, 0.2) is 0 Å². The molecule has 2 aromatic rings. The number of phenols is 2. The summed E-state index contributed by atoms with van der Waals surface area (Å²) >= 11 is 0. The molecule has 2 N–H and O–H groups in total. The van der Waals surface area contributed by atoms with Crippen LogP contribution in [0.2, 0.25) is 0 Å². The van der Waals surface area contributed by atoms with Gasteiger partial charge in [-0.15, -0.1) is 0 Å². The first-order chi connectivity index (χ1) is 9.86. The van der Waals surface area contributed by atoms with E-state index < -0.39 is 10.0 Å². The molecule has 2 aromatic carbocycles. The van der Waals surface area contributed by atoms with Crippen LogP contribution >= 0.6 is 0 Å². The van der Waals surface area contributed by atoms with Crippen molar-refractivity contribution in [2.24, 2.45) is 0 Å². The average molecular weight is 307 g/mol. The van der Waals surface area contributed by atoms with E-state index in [0.29, 0.717) is 5.69 Å². The minimum atomic E-state index is -3.80. The van der Waals surface area contributed by atoms with Gasteiger partial charge in [-0.3, -0.25) is 4.31 Å². The number of hydrogen-bond acceptors (Lipinski definition) is 4. The number of hydrogen-bond donors (Lipinski definition) is 2. The molecule has 0 heterocycles. The van der Waals surface area contributed by atoms with Gasteiger partial charge < -0.3 is 10.2 Å². The number of aromatic hydroxyl groups is 2. The summed E-state index contributed by atoms with van der Waals surface area (Å²) < 4.78 is 26.6. The third kappa shape index (κ3) is 2.95. The van der Waals surface area contributed by atoms with Crippen LogP contribution in [-0.4, -0.2) is 25.2 Å². The molecule has 0 saturated carbocycles. The fraction of sp³-hybridized carbons (Fsp3) is 0.200. The van der Waals surface area contributed by atoms with Crippen molar-refractivity contribution >= 4 is 15.7 Å². The Morgan fingerprint density at radius 3 is 2.33 bits per heavy atom. The van der Waals surface area contributed by atoms with E-state index >= 15 is 0 Å². The summed E-state index contributed by atoms with van der Waals surface area (Å²) in [6, 6.07) is 10.1. The summed E-state index contributed by atoms with van der Waals surface area (Å²) in [4.78, 5) is 0.00657. The molecule has 2 rings (SSSR count). The predicted octanol–water partition coefficient (Wildman–Crippen LogP) is 2.62. The van der Waals surface area contributed by atoms with Gasteiger partial charge in [0.2, 0.25) is 0 Å². The second-order valence-electron chi connectivity index (χ2n) is 4.64. The molecule has 0 fully saturated rings. The standard InChI is InChI=1S/C15H17NO4S/c1-3-16(15-10-13(18)8-7-11(15)2)21(19,20)14-6-4-5-12(17)9-14/h4-10,17-18H,3H2,1-2H3. The SMILES string of the molecule is CCN(c1cc(O)ccc1C)S(=O)(=O)c1cccc(O)c1. The molecule has 0 aliphatic heterocycles. The van der Waals surface area contributed by atoms with Gasteiger partial charge in [0.1, 0.15) is 11.5 Å². The van der Waals surface area contributed by atoms with Crippen molar-refractivity contribution in [1.82, 2.24) is 0 Å². The largest absolute Gasteiger partial charge is 0.508 e. The minimum Gasteiger partial charge on any atom is -0.508 e. The molecule has 0 unspecified atom stereocenters. The zero-order chi connectivity index (χ0) is 15.6. The topological polar surface area (TPSA) is 77.8 Å². The Balaban J connectivity index is 2.57. The van der Waals surface area contributed by atoms with Crippen molar-refractivity contribution in [2.75, 3.05) is 10.8 Å². The van der Waals surface area contributed by atoms with Crippen molar-refractivity contribution < 1.29 is 18.6 Å². The van der Waals surface area contributed by atoms with Gasteiger partial charge in [0.25, 0.3) is 10.0 Å². The zero-order valence-corrected chi connectivity index (χ0v) is 12.6. The minimum absolute atomic E-state index is 0.000147. The highest BCUT2D eigenvalue weighted by Crippen LogP contribution is 2.30. The smallest absolute Gasteiger partial charge is 0.264 e. The molecule has 6 heteroatoms.